The van der Waals surface area contributed by atoms with E-state index in [4.69, 9.17) is 9.47 Å². The molecule has 0 fully saturated rings. The molecule has 23 heavy (non-hydrogen) atoms. The standard InChI is InChI=1S/C16H17NO5S/c1-17-23(19,20)15-8-4-6-13(10-15)16(18)22-11-12-5-3-7-14(9-12)21-2/h3-10,17H,11H2,1-2H3. The van der Waals surface area contributed by atoms with Gasteiger partial charge in [0.1, 0.15) is 12.4 Å². The normalized spacial score (nSPS) is 11.0. The lowest BCUT2D eigenvalue weighted by Crippen LogP contribution is -2.19. The van der Waals surface area contributed by atoms with Gasteiger partial charge in [0.15, 0.2) is 0 Å². The molecule has 2 aromatic carbocycles. The number of sulfonamides is 1. The zero-order chi connectivity index (χ0) is 16.9. The summed E-state index contributed by atoms with van der Waals surface area (Å²) in [7, 11) is -0.742. The maximum absolute atomic E-state index is 12.1. The Balaban J connectivity index is 2.10. The van der Waals surface area contributed by atoms with Gasteiger partial charge >= 0.3 is 5.97 Å². The van der Waals surface area contributed by atoms with E-state index in [0.717, 1.165) is 5.56 Å². The van der Waals surface area contributed by atoms with E-state index < -0.39 is 16.0 Å². The first-order valence-electron chi connectivity index (χ1n) is 6.80. The SMILES string of the molecule is CNS(=O)(=O)c1cccc(C(=O)OCc2cccc(OC)c2)c1. The topological polar surface area (TPSA) is 81.7 Å². The van der Waals surface area contributed by atoms with Gasteiger partial charge < -0.3 is 9.47 Å². The van der Waals surface area contributed by atoms with Crippen molar-refractivity contribution in [1.29, 1.82) is 0 Å². The van der Waals surface area contributed by atoms with Crippen LogP contribution in [0.4, 0.5) is 0 Å². The van der Waals surface area contributed by atoms with Crippen molar-refractivity contribution in [2.24, 2.45) is 0 Å². The summed E-state index contributed by atoms with van der Waals surface area (Å²) in [6.45, 7) is 0.0685. The fourth-order valence-corrected chi connectivity index (χ4v) is 2.68. The Bertz CT molecular complexity index is 802. The molecule has 0 radical (unpaired) electrons. The van der Waals surface area contributed by atoms with Crippen molar-refractivity contribution in [1.82, 2.24) is 4.72 Å². The lowest BCUT2D eigenvalue weighted by molar-refractivity contribution is 0.0472. The van der Waals surface area contributed by atoms with Gasteiger partial charge in [-0.25, -0.2) is 17.9 Å². The van der Waals surface area contributed by atoms with Crippen molar-refractivity contribution < 1.29 is 22.7 Å². The molecule has 0 unspecified atom stereocenters. The number of nitrogens with one attached hydrogen (secondary N) is 1. The number of ether oxygens (including phenoxy) is 2. The highest BCUT2D eigenvalue weighted by atomic mass is 32.2. The number of rotatable bonds is 6. The minimum absolute atomic E-state index is 0.0100. The van der Waals surface area contributed by atoms with Crippen LogP contribution in [0.25, 0.3) is 0 Å². The Morgan fingerprint density at radius 3 is 2.57 bits per heavy atom. The molecule has 0 aromatic heterocycles. The predicted molar refractivity (Wildman–Crippen MR) is 84.8 cm³/mol. The number of esters is 1. The molecule has 0 saturated carbocycles. The number of hydrogen-bond acceptors (Lipinski definition) is 5. The highest BCUT2D eigenvalue weighted by Gasteiger charge is 2.15. The Morgan fingerprint density at radius 1 is 1.13 bits per heavy atom. The summed E-state index contributed by atoms with van der Waals surface area (Å²) < 4.78 is 36.0. The molecule has 0 aliphatic carbocycles. The quantitative estimate of drug-likeness (QED) is 0.816. The van der Waals surface area contributed by atoms with E-state index in [2.05, 4.69) is 4.72 Å². The van der Waals surface area contributed by atoms with E-state index in [-0.39, 0.29) is 17.1 Å². The lowest BCUT2D eigenvalue weighted by Gasteiger charge is -2.08. The van der Waals surface area contributed by atoms with E-state index in [9.17, 15) is 13.2 Å². The largest absolute Gasteiger partial charge is 0.497 e. The van der Waals surface area contributed by atoms with E-state index in [1.807, 2.05) is 0 Å². The third-order valence-corrected chi connectivity index (χ3v) is 4.56. The van der Waals surface area contributed by atoms with Crippen molar-refractivity contribution in [2.45, 2.75) is 11.5 Å². The average molecular weight is 335 g/mol. The summed E-state index contributed by atoms with van der Waals surface area (Å²) >= 11 is 0. The van der Waals surface area contributed by atoms with E-state index in [1.165, 1.54) is 31.3 Å². The van der Waals surface area contributed by atoms with Crippen LogP contribution in [0.5, 0.6) is 5.75 Å². The van der Waals surface area contributed by atoms with Gasteiger partial charge in [0.2, 0.25) is 10.0 Å². The predicted octanol–water partition coefficient (Wildman–Crippen LogP) is 1.96. The van der Waals surface area contributed by atoms with Gasteiger partial charge in [-0.15, -0.1) is 0 Å². The number of methoxy groups -OCH3 is 1. The highest BCUT2D eigenvalue weighted by Crippen LogP contribution is 2.15. The summed E-state index contributed by atoms with van der Waals surface area (Å²) in [4.78, 5) is 12.1. The molecule has 122 valence electrons. The Morgan fingerprint density at radius 2 is 1.87 bits per heavy atom. The fraction of sp³-hybridized carbons (Fsp3) is 0.188. The molecular weight excluding hydrogens is 318 g/mol. The zero-order valence-electron chi connectivity index (χ0n) is 12.8. The third-order valence-electron chi connectivity index (χ3n) is 3.15. The van der Waals surface area contributed by atoms with E-state index >= 15 is 0 Å². The van der Waals surface area contributed by atoms with Gasteiger partial charge in [0.05, 0.1) is 17.6 Å². The van der Waals surface area contributed by atoms with E-state index in [0.29, 0.717) is 5.75 Å². The molecule has 7 heteroatoms. The molecule has 2 aromatic rings. The molecule has 0 aliphatic rings. The van der Waals surface area contributed by atoms with Crippen LogP contribution in [-0.2, 0) is 21.4 Å². The van der Waals surface area contributed by atoms with Crippen LogP contribution in [-0.4, -0.2) is 28.5 Å². The van der Waals surface area contributed by atoms with Gasteiger partial charge in [-0.05, 0) is 42.9 Å². The zero-order valence-corrected chi connectivity index (χ0v) is 13.6. The van der Waals surface area contributed by atoms with Crippen molar-refractivity contribution >= 4 is 16.0 Å². The number of carbonyl (C=O) groups is 1. The first-order valence-corrected chi connectivity index (χ1v) is 8.28. The Labute approximate surface area is 135 Å². The maximum atomic E-state index is 12.1. The summed E-state index contributed by atoms with van der Waals surface area (Å²) in [5, 5.41) is 0. The smallest absolute Gasteiger partial charge is 0.338 e. The van der Waals surface area contributed by atoms with Crippen LogP contribution >= 0.6 is 0 Å². The van der Waals surface area contributed by atoms with Gasteiger partial charge in [0.25, 0.3) is 0 Å². The fourth-order valence-electron chi connectivity index (χ4n) is 1.90. The van der Waals surface area contributed by atoms with Crippen molar-refractivity contribution in [2.75, 3.05) is 14.2 Å². The number of carbonyl (C=O) groups excluding carboxylic acids is 1. The number of hydrogen-bond donors (Lipinski definition) is 1. The summed E-state index contributed by atoms with van der Waals surface area (Å²) in [6, 6.07) is 12.8. The van der Waals surface area contributed by atoms with Crippen LogP contribution in [0, 0.1) is 0 Å². The minimum atomic E-state index is -3.60. The summed E-state index contributed by atoms with van der Waals surface area (Å²) in [6.07, 6.45) is 0. The van der Waals surface area contributed by atoms with Crippen molar-refractivity contribution in [3.05, 3.63) is 59.7 Å². The average Bonchev–Trinajstić information content (AvgIpc) is 2.60. The maximum Gasteiger partial charge on any atom is 0.338 e. The second-order valence-corrected chi connectivity index (χ2v) is 6.55. The monoisotopic (exact) mass is 335 g/mol. The van der Waals surface area contributed by atoms with Gasteiger partial charge in [0, 0.05) is 0 Å². The molecule has 2 rings (SSSR count). The molecule has 0 saturated heterocycles. The van der Waals surface area contributed by atoms with Crippen LogP contribution < -0.4 is 9.46 Å². The molecule has 1 N–H and O–H groups in total. The van der Waals surface area contributed by atoms with Crippen LogP contribution in [0.2, 0.25) is 0 Å². The van der Waals surface area contributed by atoms with Crippen LogP contribution in [0.15, 0.2) is 53.4 Å². The van der Waals surface area contributed by atoms with Crippen molar-refractivity contribution in [3.8, 4) is 5.75 Å². The first-order chi connectivity index (χ1) is 11.0. The molecule has 0 heterocycles. The Hall–Kier alpha value is -2.38. The molecule has 0 bridgehead atoms. The van der Waals surface area contributed by atoms with E-state index in [1.54, 1.807) is 31.4 Å². The molecule has 0 spiro atoms. The van der Waals surface area contributed by atoms with Crippen molar-refractivity contribution in [3.63, 3.8) is 0 Å². The summed E-state index contributed by atoms with van der Waals surface area (Å²) in [5.74, 6) is 0.0710. The Kier molecular flexibility index (Phi) is 5.36. The van der Waals surface area contributed by atoms with Gasteiger partial charge in [-0.2, -0.15) is 0 Å². The molecule has 0 atom stereocenters. The molecule has 0 amide bonds. The second-order valence-electron chi connectivity index (χ2n) is 4.66. The molecular formula is C16H17NO5S. The summed E-state index contributed by atoms with van der Waals surface area (Å²) in [5.41, 5.74) is 0.945. The van der Waals surface area contributed by atoms with Crippen LogP contribution in [0.1, 0.15) is 15.9 Å². The lowest BCUT2D eigenvalue weighted by atomic mass is 10.2. The number of benzene rings is 2. The molecule has 0 aliphatic heterocycles. The first kappa shape index (κ1) is 17.0. The van der Waals surface area contributed by atoms with Gasteiger partial charge in [-0.1, -0.05) is 18.2 Å². The van der Waals surface area contributed by atoms with Gasteiger partial charge in [-0.3, -0.25) is 0 Å². The third kappa shape index (κ3) is 4.30. The minimum Gasteiger partial charge on any atom is -0.497 e. The van der Waals surface area contributed by atoms with Crippen LogP contribution in [0.3, 0.4) is 0 Å². The highest BCUT2D eigenvalue weighted by molar-refractivity contribution is 7.89. The molecule has 6 nitrogen and oxygen atoms in total. The second kappa shape index (κ2) is 7.26.